The molecular formula is C13H17BO5. The van der Waals surface area contributed by atoms with Gasteiger partial charge in [0.15, 0.2) is 0 Å². The van der Waals surface area contributed by atoms with E-state index >= 15 is 0 Å². The van der Waals surface area contributed by atoms with Crippen LogP contribution in [0.15, 0.2) is 18.2 Å². The van der Waals surface area contributed by atoms with Crippen molar-refractivity contribution in [2.24, 2.45) is 0 Å². The number of aromatic hydroxyl groups is 1. The summed E-state index contributed by atoms with van der Waals surface area (Å²) in [5.41, 5.74) is -1.03. The van der Waals surface area contributed by atoms with Gasteiger partial charge >= 0.3 is 13.1 Å². The van der Waals surface area contributed by atoms with Crippen molar-refractivity contribution in [3.05, 3.63) is 23.8 Å². The summed E-state index contributed by atoms with van der Waals surface area (Å²) in [7, 11) is -0.891. The Bertz CT molecular complexity index is 508. The van der Waals surface area contributed by atoms with Crippen molar-refractivity contribution in [3.63, 3.8) is 0 Å². The smallest absolute Gasteiger partial charge is 0.499 e. The van der Waals surface area contributed by atoms with Gasteiger partial charge in [0.1, 0.15) is 5.75 Å². The maximum absolute atomic E-state index is 11.2. The van der Waals surface area contributed by atoms with E-state index in [-0.39, 0.29) is 16.8 Å². The Balaban J connectivity index is 2.48. The van der Waals surface area contributed by atoms with Gasteiger partial charge in [-0.2, -0.15) is 0 Å². The zero-order chi connectivity index (χ0) is 14.4. The predicted molar refractivity (Wildman–Crippen MR) is 70.8 cm³/mol. The fourth-order valence-electron chi connectivity index (χ4n) is 1.95. The number of aromatic carboxylic acids is 1. The highest BCUT2D eigenvalue weighted by Gasteiger charge is 2.53. The quantitative estimate of drug-likeness (QED) is 0.789. The lowest BCUT2D eigenvalue weighted by atomic mass is 9.75. The molecule has 0 aromatic heterocycles. The Morgan fingerprint density at radius 3 is 2.16 bits per heavy atom. The Kier molecular flexibility index (Phi) is 3.11. The van der Waals surface area contributed by atoms with E-state index in [4.69, 9.17) is 9.31 Å². The monoisotopic (exact) mass is 264 g/mol. The molecular weight excluding hydrogens is 247 g/mol. The number of carboxylic acids is 1. The summed E-state index contributed by atoms with van der Waals surface area (Å²) in [6.45, 7) is 7.47. The topological polar surface area (TPSA) is 76.0 Å². The number of carbonyl (C=O) groups is 1. The van der Waals surface area contributed by atoms with Crippen molar-refractivity contribution in [2.75, 3.05) is 0 Å². The Morgan fingerprint density at radius 2 is 1.68 bits per heavy atom. The highest BCUT2D eigenvalue weighted by Crippen LogP contribution is 2.37. The molecule has 0 unspecified atom stereocenters. The van der Waals surface area contributed by atoms with Crippen LogP contribution in [0.25, 0.3) is 0 Å². The molecule has 1 aromatic rings. The van der Waals surface area contributed by atoms with Gasteiger partial charge in [-0.15, -0.1) is 0 Å². The predicted octanol–water partition coefficient (Wildman–Crippen LogP) is 1.39. The van der Waals surface area contributed by atoms with Crippen molar-refractivity contribution in [1.29, 1.82) is 0 Å². The van der Waals surface area contributed by atoms with Crippen LogP contribution in [0.1, 0.15) is 38.1 Å². The Morgan fingerprint density at radius 1 is 1.16 bits per heavy atom. The summed E-state index contributed by atoms with van der Waals surface area (Å²) in [4.78, 5) is 11.2. The highest BCUT2D eigenvalue weighted by molar-refractivity contribution is 6.64. The second-order valence-corrected chi connectivity index (χ2v) is 5.63. The average molecular weight is 264 g/mol. The van der Waals surface area contributed by atoms with Crippen molar-refractivity contribution in [3.8, 4) is 5.75 Å². The lowest BCUT2D eigenvalue weighted by Gasteiger charge is -2.32. The van der Waals surface area contributed by atoms with E-state index in [0.717, 1.165) is 0 Å². The molecule has 2 rings (SSSR count). The molecule has 0 atom stereocenters. The minimum atomic E-state index is -1.12. The first kappa shape index (κ1) is 13.9. The lowest BCUT2D eigenvalue weighted by molar-refractivity contribution is 0.00578. The molecule has 6 heteroatoms. The van der Waals surface area contributed by atoms with Crippen LogP contribution in [0, 0.1) is 0 Å². The van der Waals surface area contributed by atoms with Crippen molar-refractivity contribution < 1.29 is 24.3 Å². The summed E-state index contributed by atoms with van der Waals surface area (Å²) in [5.74, 6) is -1.26. The summed E-state index contributed by atoms with van der Waals surface area (Å²) in [6, 6.07) is 4.32. The van der Waals surface area contributed by atoms with Gasteiger partial charge in [-0.25, -0.2) is 4.79 Å². The maximum atomic E-state index is 11.2. The number of carboxylic acid groups (broad SMARTS) is 1. The van der Waals surface area contributed by atoms with Crippen LogP contribution in [-0.2, 0) is 9.31 Å². The fourth-order valence-corrected chi connectivity index (χ4v) is 1.95. The molecule has 0 saturated carbocycles. The van der Waals surface area contributed by atoms with E-state index in [9.17, 15) is 15.0 Å². The molecule has 1 aromatic carbocycles. The summed E-state index contributed by atoms with van der Waals surface area (Å²) in [5, 5.41) is 19.1. The number of benzene rings is 1. The summed E-state index contributed by atoms with van der Waals surface area (Å²) >= 11 is 0. The second-order valence-electron chi connectivity index (χ2n) is 5.63. The maximum Gasteiger partial charge on any atom is 0.499 e. The molecule has 0 bridgehead atoms. The number of hydrogen-bond acceptors (Lipinski definition) is 4. The third-order valence-corrected chi connectivity index (χ3v) is 3.80. The van der Waals surface area contributed by atoms with E-state index in [1.807, 2.05) is 27.7 Å². The SMILES string of the molecule is CC1(C)OB(c2c(O)cccc2C(=O)O)OC1(C)C. The zero-order valence-electron chi connectivity index (χ0n) is 11.4. The number of phenols is 1. The first-order chi connectivity index (χ1) is 8.66. The molecule has 0 aliphatic carbocycles. The molecule has 2 N–H and O–H groups in total. The van der Waals surface area contributed by atoms with Crippen molar-refractivity contribution in [1.82, 2.24) is 0 Å². The Hall–Kier alpha value is -1.53. The van der Waals surface area contributed by atoms with Crippen LogP contribution in [0.4, 0.5) is 0 Å². The normalized spacial score (nSPS) is 20.5. The fraction of sp³-hybridized carbons (Fsp3) is 0.462. The van der Waals surface area contributed by atoms with Crippen LogP contribution in [0.2, 0.25) is 0 Å². The van der Waals surface area contributed by atoms with Gasteiger partial charge in [0, 0.05) is 5.46 Å². The van der Waals surface area contributed by atoms with E-state index in [1.54, 1.807) is 0 Å². The average Bonchev–Trinajstić information content (AvgIpc) is 2.47. The molecule has 0 radical (unpaired) electrons. The summed E-state index contributed by atoms with van der Waals surface area (Å²) < 4.78 is 11.6. The molecule has 102 valence electrons. The van der Waals surface area contributed by atoms with Gasteiger partial charge in [-0.1, -0.05) is 6.07 Å². The minimum Gasteiger partial charge on any atom is -0.508 e. The molecule has 0 spiro atoms. The number of rotatable bonds is 2. The molecule has 1 fully saturated rings. The van der Waals surface area contributed by atoms with Crippen molar-refractivity contribution >= 4 is 18.6 Å². The van der Waals surface area contributed by atoms with Gasteiger partial charge < -0.3 is 19.5 Å². The third kappa shape index (κ3) is 2.22. The highest BCUT2D eigenvalue weighted by atomic mass is 16.7. The van der Waals surface area contributed by atoms with E-state index < -0.39 is 24.3 Å². The van der Waals surface area contributed by atoms with Gasteiger partial charge in [0.2, 0.25) is 0 Å². The number of phenolic OH excluding ortho intramolecular Hbond substituents is 1. The van der Waals surface area contributed by atoms with Crippen LogP contribution >= 0.6 is 0 Å². The van der Waals surface area contributed by atoms with Gasteiger partial charge in [-0.05, 0) is 39.8 Å². The molecule has 19 heavy (non-hydrogen) atoms. The molecule has 1 heterocycles. The standard InChI is InChI=1S/C13H17BO5/c1-12(2)13(3,4)19-14(18-12)10-8(11(16)17)6-5-7-9(10)15/h5-7,15H,1-4H3,(H,16,17). The lowest BCUT2D eigenvalue weighted by Crippen LogP contribution is -2.41. The first-order valence-corrected chi connectivity index (χ1v) is 6.06. The zero-order valence-corrected chi connectivity index (χ0v) is 11.4. The van der Waals surface area contributed by atoms with E-state index in [2.05, 4.69) is 0 Å². The van der Waals surface area contributed by atoms with Crippen LogP contribution in [-0.4, -0.2) is 34.5 Å². The molecule has 1 saturated heterocycles. The molecule has 5 nitrogen and oxygen atoms in total. The third-order valence-electron chi connectivity index (χ3n) is 3.80. The first-order valence-electron chi connectivity index (χ1n) is 6.06. The molecule has 0 amide bonds. The van der Waals surface area contributed by atoms with E-state index in [0.29, 0.717) is 0 Å². The molecule has 1 aliphatic rings. The van der Waals surface area contributed by atoms with Crippen molar-refractivity contribution in [2.45, 2.75) is 38.9 Å². The van der Waals surface area contributed by atoms with Gasteiger partial charge in [0.05, 0.1) is 16.8 Å². The van der Waals surface area contributed by atoms with Crippen LogP contribution in [0.5, 0.6) is 5.75 Å². The Labute approximate surface area is 112 Å². The minimum absolute atomic E-state index is 0.0153. The van der Waals surface area contributed by atoms with E-state index in [1.165, 1.54) is 18.2 Å². The second kappa shape index (κ2) is 4.25. The summed E-state index contributed by atoms with van der Waals surface area (Å²) in [6.07, 6.45) is 0. The van der Waals surface area contributed by atoms with Crippen LogP contribution < -0.4 is 5.46 Å². The van der Waals surface area contributed by atoms with Gasteiger partial charge in [-0.3, -0.25) is 0 Å². The van der Waals surface area contributed by atoms with Crippen LogP contribution in [0.3, 0.4) is 0 Å². The number of hydrogen-bond donors (Lipinski definition) is 2. The molecule has 1 aliphatic heterocycles. The largest absolute Gasteiger partial charge is 0.508 e. The van der Waals surface area contributed by atoms with Gasteiger partial charge in [0.25, 0.3) is 0 Å².